The zero-order valence-corrected chi connectivity index (χ0v) is 16.6. The summed E-state index contributed by atoms with van der Waals surface area (Å²) >= 11 is 1.62. The minimum Gasteiger partial charge on any atom is -0.497 e. The van der Waals surface area contributed by atoms with E-state index in [1.54, 1.807) is 18.4 Å². The van der Waals surface area contributed by atoms with Crippen LogP contribution in [0.2, 0.25) is 0 Å². The summed E-state index contributed by atoms with van der Waals surface area (Å²) in [6.07, 6.45) is 3.74. The van der Waals surface area contributed by atoms with Gasteiger partial charge in [-0.1, -0.05) is 19.1 Å². The average molecular weight is 388 g/mol. The van der Waals surface area contributed by atoms with Crippen LogP contribution in [0.25, 0.3) is 0 Å². The third kappa shape index (κ3) is 5.10. The molecule has 1 aromatic carbocycles. The maximum absolute atomic E-state index is 12.3. The third-order valence-corrected chi connectivity index (χ3v) is 5.90. The summed E-state index contributed by atoms with van der Waals surface area (Å²) in [7, 11) is 1.63. The van der Waals surface area contributed by atoms with Gasteiger partial charge in [-0.3, -0.25) is 4.79 Å². The Morgan fingerprint density at radius 1 is 1.26 bits per heavy atom. The second-order valence-electron chi connectivity index (χ2n) is 6.92. The molecule has 0 radical (unpaired) electrons. The highest BCUT2D eigenvalue weighted by molar-refractivity contribution is 7.10. The van der Waals surface area contributed by atoms with Gasteiger partial charge >= 0.3 is 5.97 Å². The zero-order valence-electron chi connectivity index (χ0n) is 15.7. The van der Waals surface area contributed by atoms with Crippen LogP contribution in [0.3, 0.4) is 0 Å². The standard InChI is InChI=1S/C21H25NO4S/c1-14-3-8-17-18(13-27-19(17)11-14)21(24)26-12-20(23)22-10-9-15-4-6-16(25-2)7-5-15/h4-7,13-14H,3,8-12H2,1-2H3,(H,22,23). The van der Waals surface area contributed by atoms with E-state index in [2.05, 4.69) is 12.2 Å². The third-order valence-electron chi connectivity index (χ3n) is 4.85. The molecule has 0 spiro atoms. The number of thiophene rings is 1. The summed E-state index contributed by atoms with van der Waals surface area (Å²) in [5.41, 5.74) is 2.85. The molecule has 0 fully saturated rings. The van der Waals surface area contributed by atoms with E-state index in [1.165, 1.54) is 4.88 Å². The Balaban J connectivity index is 1.42. The Bertz CT molecular complexity index is 797. The lowest BCUT2D eigenvalue weighted by Gasteiger charge is -2.18. The van der Waals surface area contributed by atoms with Crippen molar-refractivity contribution in [1.29, 1.82) is 0 Å². The second kappa shape index (κ2) is 9.04. The number of hydrogen-bond acceptors (Lipinski definition) is 5. The first-order valence-corrected chi connectivity index (χ1v) is 10.1. The number of esters is 1. The molecule has 2 aromatic rings. The molecule has 5 nitrogen and oxygen atoms in total. The molecule has 1 heterocycles. The van der Waals surface area contributed by atoms with Crippen LogP contribution in [0.15, 0.2) is 29.6 Å². The maximum atomic E-state index is 12.3. The fraction of sp³-hybridized carbons (Fsp3) is 0.429. The van der Waals surface area contributed by atoms with Crippen LogP contribution in [0.1, 0.15) is 39.7 Å². The normalized spacial score (nSPS) is 15.7. The summed E-state index contributed by atoms with van der Waals surface area (Å²) in [6.45, 7) is 2.48. The summed E-state index contributed by atoms with van der Waals surface area (Å²) in [5, 5.41) is 4.65. The number of carbonyl (C=O) groups excluding carboxylic acids is 2. The van der Waals surface area contributed by atoms with Gasteiger partial charge in [-0.2, -0.15) is 0 Å². The van der Waals surface area contributed by atoms with Gasteiger partial charge in [0.1, 0.15) is 5.75 Å². The minimum atomic E-state index is -0.396. The first-order valence-electron chi connectivity index (χ1n) is 9.22. The van der Waals surface area contributed by atoms with Gasteiger partial charge in [0.25, 0.3) is 5.91 Å². The van der Waals surface area contributed by atoms with E-state index in [0.29, 0.717) is 24.4 Å². The molecule has 1 aromatic heterocycles. The molecule has 3 rings (SSSR count). The van der Waals surface area contributed by atoms with Crippen molar-refractivity contribution in [3.8, 4) is 5.75 Å². The van der Waals surface area contributed by atoms with E-state index in [9.17, 15) is 9.59 Å². The number of fused-ring (bicyclic) bond motifs is 1. The number of methoxy groups -OCH3 is 1. The van der Waals surface area contributed by atoms with Gasteiger partial charge in [0.15, 0.2) is 6.61 Å². The van der Waals surface area contributed by atoms with E-state index in [4.69, 9.17) is 9.47 Å². The summed E-state index contributed by atoms with van der Waals surface area (Å²) < 4.78 is 10.3. The van der Waals surface area contributed by atoms with Crippen LogP contribution in [0.4, 0.5) is 0 Å². The molecule has 1 amide bonds. The number of ether oxygens (including phenoxy) is 2. The Kier molecular flexibility index (Phi) is 6.50. The van der Waals surface area contributed by atoms with E-state index >= 15 is 0 Å². The average Bonchev–Trinajstić information content (AvgIpc) is 3.09. The molecule has 1 aliphatic carbocycles. The lowest BCUT2D eigenvalue weighted by atomic mass is 9.88. The van der Waals surface area contributed by atoms with Gasteiger partial charge in [0, 0.05) is 16.8 Å². The van der Waals surface area contributed by atoms with Crippen LogP contribution in [0, 0.1) is 5.92 Å². The van der Waals surface area contributed by atoms with Gasteiger partial charge in [-0.05, 0) is 54.9 Å². The van der Waals surface area contributed by atoms with Gasteiger partial charge in [-0.15, -0.1) is 11.3 Å². The maximum Gasteiger partial charge on any atom is 0.339 e. The van der Waals surface area contributed by atoms with E-state index in [0.717, 1.165) is 36.1 Å². The van der Waals surface area contributed by atoms with Crippen molar-refractivity contribution in [2.75, 3.05) is 20.3 Å². The van der Waals surface area contributed by atoms with E-state index in [1.807, 2.05) is 29.6 Å². The van der Waals surface area contributed by atoms with Gasteiger partial charge < -0.3 is 14.8 Å². The van der Waals surface area contributed by atoms with Crippen molar-refractivity contribution in [3.05, 3.63) is 51.2 Å². The van der Waals surface area contributed by atoms with Crippen molar-refractivity contribution in [2.45, 2.75) is 32.6 Å². The molecule has 144 valence electrons. The molecule has 0 bridgehead atoms. The fourth-order valence-electron chi connectivity index (χ4n) is 3.25. The highest BCUT2D eigenvalue weighted by Crippen LogP contribution is 2.33. The van der Waals surface area contributed by atoms with E-state index in [-0.39, 0.29) is 12.5 Å². The van der Waals surface area contributed by atoms with Gasteiger partial charge in [0.2, 0.25) is 0 Å². The summed E-state index contributed by atoms with van der Waals surface area (Å²) in [6, 6.07) is 7.71. The quantitative estimate of drug-likeness (QED) is 0.740. The number of benzene rings is 1. The first kappa shape index (κ1) is 19.4. The Labute approximate surface area is 163 Å². The summed E-state index contributed by atoms with van der Waals surface area (Å²) in [4.78, 5) is 25.5. The highest BCUT2D eigenvalue weighted by atomic mass is 32.1. The molecule has 1 aliphatic rings. The molecule has 0 aliphatic heterocycles. The number of rotatable bonds is 7. The zero-order chi connectivity index (χ0) is 19.2. The first-order chi connectivity index (χ1) is 13.1. The van der Waals surface area contributed by atoms with Crippen LogP contribution >= 0.6 is 11.3 Å². The lowest BCUT2D eigenvalue weighted by Crippen LogP contribution is -2.30. The monoisotopic (exact) mass is 387 g/mol. The lowest BCUT2D eigenvalue weighted by molar-refractivity contribution is -0.124. The van der Waals surface area contributed by atoms with Crippen molar-refractivity contribution >= 4 is 23.2 Å². The van der Waals surface area contributed by atoms with Gasteiger partial charge in [0.05, 0.1) is 12.7 Å². The Hall–Kier alpha value is -2.34. The van der Waals surface area contributed by atoms with Crippen molar-refractivity contribution in [3.63, 3.8) is 0 Å². The number of nitrogens with one attached hydrogen (secondary N) is 1. The topological polar surface area (TPSA) is 64.6 Å². The largest absolute Gasteiger partial charge is 0.497 e. The second-order valence-corrected chi connectivity index (χ2v) is 7.89. The molecular weight excluding hydrogens is 362 g/mol. The van der Waals surface area contributed by atoms with E-state index < -0.39 is 5.97 Å². The van der Waals surface area contributed by atoms with Crippen molar-refractivity contribution in [2.24, 2.45) is 5.92 Å². The smallest absolute Gasteiger partial charge is 0.339 e. The molecule has 6 heteroatoms. The molecule has 1 unspecified atom stereocenters. The Morgan fingerprint density at radius 2 is 2.04 bits per heavy atom. The Morgan fingerprint density at radius 3 is 2.78 bits per heavy atom. The molecule has 1 N–H and O–H groups in total. The minimum absolute atomic E-state index is 0.248. The predicted molar refractivity (Wildman–Crippen MR) is 105 cm³/mol. The SMILES string of the molecule is COc1ccc(CCNC(=O)COC(=O)c2csc3c2CCC(C)C3)cc1. The summed E-state index contributed by atoms with van der Waals surface area (Å²) in [5.74, 6) is 0.790. The molecule has 0 saturated carbocycles. The molecule has 27 heavy (non-hydrogen) atoms. The van der Waals surface area contributed by atoms with Crippen molar-refractivity contribution < 1.29 is 19.1 Å². The molecular formula is C21H25NO4S. The van der Waals surface area contributed by atoms with Crippen LogP contribution in [-0.2, 0) is 28.8 Å². The van der Waals surface area contributed by atoms with Gasteiger partial charge in [-0.25, -0.2) is 4.79 Å². The number of carbonyl (C=O) groups is 2. The predicted octanol–water partition coefficient (Wildman–Crippen LogP) is 3.40. The van der Waals surface area contributed by atoms with Crippen LogP contribution in [-0.4, -0.2) is 32.1 Å². The fourth-order valence-corrected chi connectivity index (χ4v) is 4.48. The molecule has 1 atom stereocenters. The molecule has 0 saturated heterocycles. The van der Waals surface area contributed by atoms with Crippen molar-refractivity contribution in [1.82, 2.24) is 5.32 Å². The van der Waals surface area contributed by atoms with Crippen LogP contribution < -0.4 is 10.1 Å². The number of amides is 1. The highest BCUT2D eigenvalue weighted by Gasteiger charge is 2.24. The number of hydrogen-bond donors (Lipinski definition) is 1. The van der Waals surface area contributed by atoms with Crippen LogP contribution in [0.5, 0.6) is 5.75 Å².